The minimum Gasteiger partial charge on any atom is -0.469 e. The number of hydrogen-bond donors (Lipinski definition) is 1. The Kier molecular flexibility index (Phi) is 4.85. The van der Waals surface area contributed by atoms with Crippen LogP contribution in [0.5, 0.6) is 0 Å². The van der Waals surface area contributed by atoms with E-state index in [-0.39, 0.29) is 18.1 Å². The Bertz CT molecular complexity index is 686. The molecular weight excluding hydrogens is 306 g/mol. The van der Waals surface area contributed by atoms with Crippen molar-refractivity contribution < 1.29 is 13.9 Å². The van der Waals surface area contributed by atoms with Gasteiger partial charge in [-0.1, -0.05) is 6.07 Å². The summed E-state index contributed by atoms with van der Waals surface area (Å²) in [6.07, 6.45) is 3.73. The lowest BCUT2D eigenvalue weighted by atomic mass is 10.2. The van der Waals surface area contributed by atoms with Gasteiger partial charge in [-0.05, 0) is 38.5 Å². The van der Waals surface area contributed by atoms with Crippen molar-refractivity contribution in [3.63, 3.8) is 0 Å². The van der Waals surface area contributed by atoms with Gasteiger partial charge >= 0.3 is 0 Å². The minimum absolute atomic E-state index is 0.138. The van der Waals surface area contributed by atoms with E-state index in [1.807, 2.05) is 18.3 Å². The second-order valence-corrected chi connectivity index (χ2v) is 6.26. The zero-order chi connectivity index (χ0) is 17.1. The summed E-state index contributed by atoms with van der Waals surface area (Å²) >= 11 is 0. The van der Waals surface area contributed by atoms with Crippen LogP contribution in [0.4, 0.5) is 5.82 Å². The molecule has 3 rings (SSSR count). The summed E-state index contributed by atoms with van der Waals surface area (Å²) < 4.78 is 10.9. The first kappa shape index (κ1) is 16.5. The Morgan fingerprint density at radius 3 is 2.62 bits per heavy atom. The van der Waals surface area contributed by atoms with Crippen LogP contribution in [0.15, 0.2) is 35.1 Å². The van der Waals surface area contributed by atoms with Crippen LogP contribution < -0.4 is 10.2 Å². The largest absolute Gasteiger partial charge is 0.469 e. The van der Waals surface area contributed by atoms with E-state index >= 15 is 0 Å². The molecule has 24 heavy (non-hydrogen) atoms. The number of morpholine rings is 1. The number of aryl methyl sites for hydroxylation is 1. The van der Waals surface area contributed by atoms with Crippen LogP contribution in [0.3, 0.4) is 0 Å². The highest BCUT2D eigenvalue weighted by Crippen LogP contribution is 2.18. The van der Waals surface area contributed by atoms with Crippen molar-refractivity contribution in [2.24, 2.45) is 0 Å². The van der Waals surface area contributed by atoms with Crippen LogP contribution in [0, 0.1) is 6.92 Å². The van der Waals surface area contributed by atoms with E-state index in [1.165, 1.54) is 6.26 Å². The molecule has 1 amide bonds. The van der Waals surface area contributed by atoms with Gasteiger partial charge in [0.15, 0.2) is 0 Å². The summed E-state index contributed by atoms with van der Waals surface area (Å²) in [6.45, 7) is 8.04. The lowest BCUT2D eigenvalue weighted by Crippen LogP contribution is -2.45. The number of nitrogens with one attached hydrogen (secondary N) is 1. The van der Waals surface area contributed by atoms with Gasteiger partial charge in [-0.3, -0.25) is 4.79 Å². The number of ether oxygens (including phenoxy) is 1. The maximum atomic E-state index is 12.1. The number of amides is 1. The number of furan rings is 1. The SMILES string of the molecule is Cc1occc1C(=O)NCc1ccc(N2C[C@@H](C)O[C@@H](C)C2)nc1. The molecule has 6 nitrogen and oxygen atoms in total. The molecule has 128 valence electrons. The Morgan fingerprint density at radius 2 is 2.04 bits per heavy atom. The quantitative estimate of drug-likeness (QED) is 0.933. The van der Waals surface area contributed by atoms with Gasteiger partial charge in [0.2, 0.25) is 0 Å². The first-order valence-corrected chi connectivity index (χ1v) is 8.20. The van der Waals surface area contributed by atoms with Gasteiger partial charge in [-0.2, -0.15) is 0 Å². The number of aromatic nitrogens is 1. The second-order valence-electron chi connectivity index (χ2n) is 6.26. The highest BCUT2D eigenvalue weighted by Gasteiger charge is 2.23. The molecule has 1 fully saturated rings. The third-order valence-corrected chi connectivity index (χ3v) is 4.11. The van der Waals surface area contributed by atoms with Gasteiger partial charge in [0.1, 0.15) is 11.6 Å². The highest BCUT2D eigenvalue weighted by atomic mass is 16.5. The third-order valence-electron chi connectivity index (χ3n) is 4.11. The first-order chi connectivity index (χ1) is 11.5. The number of nitrogens with zero attached hydrogens (tertiary/aromatic N) is 2. The van der Waals surface area contributed by atoms with Crippen LogP contribution >= 0.6 is 0 Å². The zero-order valence-electron chi connectivity index (χ0n) is 14.3. The van der Waals surface area contributed by atoms with E-state index in [9.17, 15) is 4.79 Å². The Morgan fingerprint density at radius 1 is 1.29 bits per heavy atom. The molecule has 1 aliphatic rings. The monoisotopic (exact) mass is 329 g/mol. The van der Waals surface area contributed by atoms with E-state index in [0.717, 1.165) is 24.5 Å². The van der Waals surface area contributed by atoms with Crippen molar-refractivity contribution in [1.29, 1.82) is 0 Å². The predicted octanol–water partition coefficient (Wildman–Crippen LogP) is 2.53. The smallest absolute Gasteiger partial charge is 0.255 e. The van der Waals surface area contributed by atoms with E-state index in [2.05, 4.69) is 29.0 Å². The molecule has 0 saturated carbocycles. The van der Waals surface area contributed by atoms with Crippen LogP contribution in [0.1, 0.15) is 35.5 Å². The van der Waals surface area contributed by atoms with Gasteiger partial charge in [0.25, 0.3) is 5.91 Å². The Labute approximate surface area is 141 Å². The average Bonchev–Trinajstić information content (AvgIpc) is 2.98. The van der Waals surface area contributed by atoms with Crippen molar-refractivity contribution in [1.82, 2.24) is 10.3 Å². The molecule has 2 atom stereocenters. The molecule has 0 spiro atoms. The summed E-state index contributed by atoms with van der Waals surface area (Å²) in [6, 6.07) is 5.66. The Balaban J connectivity index is 1.58. The van der Waals surface area contributed by atoms with Crippen molar-refractivity contribution in [2.45, 2.75) is 39.5 Å². The molecule has 1 aliphatic heterocycles. The summed E-state index contributed by atoms with van der Waals surface area (Å²) in [5.74, 6) is 1.43. The summed E-state index contributed by atoms with van der Waals surface area (Å²) in [5, 5.41) is 2.88. The fourth-order valence-electron chi connectivity index (χ4n) is 2.97. The van der Waals surface area contributed by atoms with Gasteiger partial charge in [-0.25, -0.2) is 4.98 Å². The third kappa shape index (κ3) is 3.76. The van der Waals surface area contributed by atoms with Crippen molar-refractivity contribution in [3.8, 4) is 0 Å². The number of rotatable bonds is 4. The molecule has 0 aromatic carbocycles. The minimum atomic E-state index is -0.138. The summed E-state index contributed by atoms with van der Waals surface area (Å²) in [5.41, 5.74) is 1.53. The van der Waals surface area contributed by atoms with E-state index in [1.54, 1.807) is 13.0 Å². The fourth-order valence-corrected chi connectivity index (χ4v) is 2.97. The lowest BCUT2D eigenvalue weighted by molar-refractivity contribution is -0.00546. The number of carbonyl (C=O) groups excluding carboxylic acids is 1. The number of hydrogen-bond acceptors (Lipinski definition) is 5. The van der Waals surface area contributed by atoms with Crippen LogP contribution in [0.25, 0.3) is 0 Å². The number of anilines is 1. The summed E-state index contributed by atoms with van der Waals surface area (Å²) in [7, 11) is 0. The van der Waals surface area contributed by atoms with Gasteiger partial charge < -0.3 is 19.4 Å². The van der Waals surface area contributed by atoms with Gasteiger partial charge in [0, 0.05) is 25.8 Å². The van der Waals surface area contributed by atoms with Crippen molar-refractivity contribution >= 4 is 11.7 Å². The average molecular weight is 329 g/mol. The topological polar surface area (TPSA) is 67.6 Å². The van der Waals surface area contributed by atoms with E-state index < -0.39 is 0 Å². The maximum absolute atomic E-state index is 12.1. The molecule has 1 saturated heterocycles. The van der Waals surface area contributed by atoms with E-state index in [0.29, 0.717) is 17.9 Å². The molecular formula is C18H23N3O3. The fraction of sp³-hybridized carbons (Fsp3) is 0.444. The molecule has 2 aromatic heterocycles. The zero-order valence-corrected chi connectivity index (χ0v) is 14.3. The molecule has 0 radical (unpaired) electrons. The van der Waals surface area contributed by atoms with Crippen LogP contribution in [-0.4, -0.2) is 36.2 Å². The predicted molar refractivity (Wildman–Crippen MR) is 91.1 cm³/mol. The molecule has 6 heteroatoms. The van der Waals surface area contributed by atoms with Crippen molar-refractivity contribution in [3.05, 3.63) is 47.5 Å². The molecule has 1 N–H and O–H groups in total. The van der Waals surface area contributed by atoms with Crippen LogP contribution in [0.2, 0.25) is 0 Å². The lowest BCUT2D eigenvalue weighted by Gasteiger charge is -2.36. The normalized spacial score (nSPS) is 20.9. The molecule has 3 heterocycles. The standard InChI is InChI=1S/C18H23N3O3/c1-12-10-21(11-13(2)24-12)17-5-4-15(8-19-17)9-20-18(22)16-6-7-23-14(16)3/h4-8,12-13H,9-11H2,1-3H3,(H,20,22)/t12-,13+. The number of pyridine rings is 1. The van der Waals surface area contributed by atoms with E-state index in [4.69, 9.17) is 9.15 Å². The van der Waals surface area contributed by atoms with Crippen LogP contribution in [-0.2, 0) is 11.3 Å². The molecule has 0 unspecified atom stereocenters. The van der Waals surface area contributed by atoms with Gasteiger partial charge in [0.05, 0.1) is 24.0 Å². The molecule has 0 bridgehead atoms. The Hall–Kier alpha value is -2.34. The highest BCUT2D eigenvalue weighted by molar-refractivity contribution is 5.94. The number of carbonyl (C=O) groups is 1. The maximum Gasteiger partial charge on any atom is 0.255 e. The van der Waals surface area contributed by atoms with Gasteiger partial charge in [-0.15, -0.1) is 0 Å². The summed E-state index contributed by atoms with van der Waals surface area (Å²) in [4.78, 5) is 18.8. The first-order valence-electron chi connectivity index (χ1n) is 8.20. The second kappa shape index (κ2) is 7.05. The molecule has 0 aliphatic carbocycles. The van der Waals surface area contributed by atoms with Crippen molar-refractivity contribution in [2.75, 3.05) is 18.0 Å². The molecule has 2 aromatic rings.